The number of aliphatic imine (C=N–C) groups is 1. The van der Waals surface area contributed by atoms with Crippen LogP contribution in [0.15, 0.2) is 29.3 Å². The highest BCUT2D eigenvalue weighted by Gasteiger charge is 2.09. The van der Waals surface area contributed by atoms with Crippen molar-refractivity contribution >= 4 is 41.5 Å². The van der Waals surface area contributed by atoms with Crippen molar-refractivity contribution in [1.29, 1.82) is 0 Å². The first-order valence-corrected chi connectivity index (χ1v) is 9.01. The molecule has 1 heterocycles. The number of guanidine groups is 1. The molecule has 0 unspecified atom stereocenters. The number of nitrogens with one attached hydrogen (secondary N) is 3. The molecule has 1 amide bonds. The van der Waals surface area contributed by atoms with Crippen LogP contribution in [0.1, 0.15) is 26.2 Å². The Balaban J connectivity index is 0.00000338. The average Bonchev–Trinajstić information content (AvgIpc) is 2.62. The molecule has 2 rings (SSSR count). The predicted molar refractivity (Wildman–Crippen MR) is 116 cm³/mol. The van der Waals surface area contributed by atoms with Crippen LogP contribution in [0.4, 0.5) is 5.69 Å². The molecule has 0 saturated carbocycles. The molecule has 8 heteroatoms. The van der Waals surface area contributed by atoms with E-state index in [0.717, 1.165) is 19.6 Å². The van der Waals surface area contributed by atoms with Gasteiger partial charge in [-0.25, -0.2) is 4.99 Å². The predicted octanol–water partition coefficient (Wildman–Crippen LogP) is 1.99. The van der Waals surface area contributed by atoms with E-state index in [9.17, 15) is 9.90 Å². The molecule has 1 aliphatic rings. The number of phenolic OH excluding ortho intramolecular Hbond substituents is 1. The van der Waals surface area contributed by atoms with Gasteiger partial charge in [-0.05, 0) is 57.1 Å². The summed E-state index contributed by atoms with van der Waals surface area (Å²) in [6, 6.07) is 6.37. The Bertz CT molecular complexity index is 559. The maximum absolute atomic E-state index is 12.0. The summed E-state index contributed by atoms with van der Waals surface area (Å²) in [7, 11) is 0. The number of benzene rings is 1. The second-order valence-electron chi connectivity index (χ2n) is 6.12. The molecule has 0 radical (unpaired) electrons. The number of phenols is 1. The molecule has 1 aromatic rings. The van der Waals surface area contributed by atoms with Gasteiger partial charge in [-0.1, -0.05) is 6.42 Å². The molecule has 0 aliphatic carbocycles. The molecule has 1 aromatic carbocycles. The Hall–Kier alpha value is -1.55. The van der Waals surface area contributed by atoms with Gasteiger partial charge in [-0.3, -0.25) is 4.79 Å². The Morgan fingerprint density at radius 2 is 1.85 bits per heavy atom. The maximum Gasteiger partial charge on any atom is 0.246 e. The summed E-state index contributed by atoms with van der Waals surface area (Å²) in [4.78, 5) is 18.8. The molecule has 1 saturated heterocycles. The molecule has 0 spiro atoms. The highest BCUT2D eigenvalue weighted by atomic mass is 127. The molecule has 0 aromatic heterocycles. The molecule has 26 heavy (non-hydrogen) atoms. The lowest BCUT2D eigenvalue weighted by atomic mass is 10.1. The fraction of sp³-hybridized carbons (Fsp3) is 0.556. The first-order valence-electron chi connectivity index (χ1n) is 9.01. The van der Waals surface area contributed by atoms with Crippen molar-refractivity contribution in [1.82, 2.24) is 15.5 Å². The van der Waals surface area contributed by atoms with E-state index in [0.29, 0.717) is 11.6 Å². The van der Waals surface area contributed by atoms with Gasteiger partial charge < -0.3 is 26.0 Å². The van der Waals surface area contributed by atoms with Gasteiger partial charge in [-0.15, -0.1) is 24.0 Å². The number of likely N-dealkylation sites (tertiary alicyclic amines) is 1. The Morgan fingerprint density at radius 1 is 1.15 bits per heavy atom. The Morgan fingerprint density at radius 3 is 2.50 bits per heavy atom. The summed E-state index contributed by atoms with van der Waals surface area (Å²) in [6.07, 6.45) is 3.90. The van der Waals surface area contributed by atoms with Crippen molar-refractivity contribution < 1.29 is 9.90 Å². The molecular weight excluding hydrogens is 445 g/mol. The van der Waals surface area contributed by atoms with E-state index in [1.807, 2.05) is 6.92 Å². The SMILES string of the molecule is CCNC(=NCC(=O)Nc1ccc(O)cc1)NCCN1CCCCC1.I. The van der Waals surface area contributed by atoms with Crippen LogP contribution in [0, 0.1) is 0 Å². The second kappa shape index (κ2) is 12.7. The van der Waals surface area contributed by atoms with Gasteiger partial charge in [0, 0.05) is 25.3 Å². The van der Waals surface area contributed by atoms with E-state index in [4.69, 9.17) is 0 Å². The number of carbonyl (C=O) groups excluding carboxylic acids is 1. The lowest BCUT2D eigenvalue weighted by Gasteiger charge is -2.26. The van der Waals surface area contributed by atoms with Gasteiger partial charge in [0.25, 0.3) is 0 Å². The minimum absolute atomic E-state index is 0. The van der Waals surface area contributed by atoms with Crippen LogP contribution in [-0.4, -0.2) is 61.1 Å². The van der Waals surface area contributed by atoms with Gasteiger partial charge in [0.2, 0.25) is 5.91 Å². The smallest absolute Gasteiger partial charge is 0.246 e. The maximum atomic E-state index is 12.0. The minimum Gasteiger partial charge on any atom is -0.508 e. The third-order valence-corrected chi connectivity index (χ3v) is 4.05. The molecule has 4 N–H and O–H groups in total. The van der Waals surface area contributed by atoms with E-state index < -0.39 is 0 Å². The third kappa shape index (κ3) is 8.70. The largest absolute Gasteiger partial charge is 0.508 e. The number of anilines is 1. The lowest BCUT2D eigenvalue weighted by Crippen LogP contribution is -2.43. The zero-order chi connectivity index (χ0) is 17.9. The molecule has 0 atom stereocenters. The van der Waals surface area contributed by atoms with E-state index in [-0.39, 0.29) is 42.2 Å². The van der Waals surface area contributed by atoms with Gasteiger partial charge >= 0.3 is 0 Å². The number of hydrogen-bond acceptors (Lipinski definition) is 4. The van der Waals surface area contributed by atoms with Crippen LogP contribution in [0.2, 0.25) is 0 Å². The van der Waals surface area contributed by atoms with Crippen LogP contribution in [0.5, 0.6) is 5.75 Å². The fourth-order valence-corrected chi connectivity index (χ4v) is 2.75. The molecule has 1 fully saturated rings. The lowest BCUT2D eigenvalue weighted by molar-refractivity contribution is -0.114. The average molecular weight is 475 g/mol. The number of carbonyl (C=O) groups is 1. The summed E-state index contributed by atoms with van der Waals surface area (Å²) in [5.41, 5.74) is 0.640. The first-order chi connectivity index (χ1) is 12.2. The van der Waals surface area contributed by atoms with Crippen molar-refractivity contribution in [2.75, 3.05) is 44.6 Å². The fourth-order valence-electron chi connectivity index (χ4n) is 2.75. The molecule has 146 valence electrons. The van der Waals surface area contributed by atoms with Gasteiger partial charge in [0.05, 0.1) is 0 Å². The zero-order valence-electron chi connectivity index (χ0n) is 15.3. The zero-order valence-corrected chi connectivity index (χ0v) is 17.7. The number of rotatable bonds is 7. The summed E-state index contributed by atoms with van der Waals surface area (Å²) in [5, 5.41) is 18.4. The normalized spacial score (nSPS) is 15.0. The van der Waals surface area contributed by atoms with Crippen molar-refractivity contribution in [2.24, 2.45) is 4.99 Å². The number of nitrogens with zero attached hydrogens (tertiary/aromatic N) is 2. The minimum atomic E-state index is -0.195. The van der Waals surface area contributed by atoms with Crippen molar-refractivity contribution in [3.63, 3.8) is 0 Å². The number of hydrogen-bond donors (Lipinski definition) is 4. The van der Waals surface area contributed by atoms with Crippen LogP contribution in [0.25, 0.3) is 0 Å². The van der Waals surface area contributed by atoms with Crippen LogP contribution >= 0.6 is 24.0 Å². The summed E-state index contributed by atoms with van der Waals surface area (Å²) >= 11 is 0. The van der Waals surface area contributed by atoms with E-state index in [1.54, 1.807) is 12.1 Å². The van der Waals surface area contributed by atoms with Crippen molar-refractivity contribution in [2.45, 2.75) is 26.2 Å². The summed E-state index contributed by atoms with van der Waals surface area (Å²) in [6.45, 7) is 6.93. The second-order valence-corrected chi connectivity index (χ2v) is 6.12. The quantitative estimate of drug-likeness (QED) is 0.210. The Kier molecular flexibility index (Phi) is 11.0. The van der Waals surface area contributed by atoms with Crippen LogP contribution in [0.3, 0.4) is 0 Å². The molecule has 1 aliphatic heterocycles. The number of halogens is 1. The molecule has 0 bridgehead atoms. The number of aromatic hydroxyl groups is 1. The van der Waals surface area contributed by atoms with Gasteiger partial charge in [0.1, 0.15) is 12.3 Å². The van der Waals surface area contributed by atoms with Gasteiger partial charge in [0.15, 0.2) is 5.96 Å². The monoisotopic (exact) mass is 475 g/mol. The van der Waals surface area contributed by atoms with E-state index in [1.165, 1.54) is 44.5 Å². The first kappa shape index (κ1) is 22.5. The highest BCUT2D eigenvalue weighted by Crippen LogP contribution is 2.13. The number of amides is 1. The topological polar surface area (TPSA) is 89.0 Å². The van der Waals surface area contributed by atoms with Crippen molar-refractivity contribution in [3.05, 3.63) is 24.3 Å². The molecular formula is C18H30IN5O2. The Labute approximate surface area is 172 Å². The summed E-state index contributed by atoms with van der Waals surface area (Å²) < 4.78 is 0. The molecule has 7 nitrogen and oxygen atoms in total. The van der Waals surface area contributed by atoms with Crippen molar-refractivity contribution in [3.8, 4) is 5.75 Å². The van der Waals surface area contributed by atoms with E-state index in [2.05, 4.69) is 25.8 Å². The van der Waals surface area contributed by atoms with Crippen LogP contribution in [-0.2, 0) is 4.79 Å². The number of piperidine rings is 1. The highest BCUT2D eigenvalue weighted by molar-refractivity contribution is 14.0. The van der Waals surface area contributed by atoms with Gasteiger partial charge in [-0.2, -0.15) is 0 Å². The van der Waals surface area contributed by atoms with Crippen LogP contribution < -0.4 is 16.0 Å². The third-order valence-electron chi connectivity index (χ3n) is 4.05. The standard InChI is InChI=1S/C18H29N5O2.HI/c1-2-19-18(20-10-13-23-11-4-3-5-12-23)21-14-17(25)22-15-6-8-16(24)9-7-15;/h6-9,24H,2-5,10-14H2,1H3,(H,22,25)(H2,19,20,21);1H. The summed E-state index contributed by atoms with van der Waals surface area (Å²) in [5.74, 6) is 0.627. The van der Waals surface area contributed by atoms with E-state index >= 15 is 0 Å².